The number of nitrogens with zero attached hydrogens (tertiary/aromatic N) is 3. The van der Waals surface area contributed by atoms with Crippen LogP contribution in [0.2, 0.25) is 0 Å². The summed E-state index contributed by atoms with van der Waals surface area (Å²) in [6.45, 7) is 3.56. The number of rotatable bonds is 4. The average Bonchev–Trinajstić information content (AvgIpc) is 3.18. The van der Waals surface area contributed by atoms with Gasteiger partial charge in [-0.1, -0.05) is 6.07 Å². The van der Waals surface area contributed by atoms with Gasteiger partial charge in [0.2, 0.25) is 11.8 Å². The molecule has 2 atom stereocenters. The van der Waals surface area contributed by atoms with Gasteiger partial charge in [-0.2, -0.15) is 0 Å². The highest BCUT2D eigenvalue weighted by Crippen LogP contribution is 2.44. The van der Waals surface area contributed by atoms with Crippen LogP contribution in [0.1, 0.15) is 46.2 Å². The summed E-state index contributed by atoms with van der Waals surface area (Å²) in [4.78, 5) is 70.5. The number of nitrogens with one attached hydrogen (secondary N) is 2. The van der Waals surface area contributed by atoms with Crippen LogP contribution in [0.25, 0.3) is 11.1 Å². The smallest absolute Gasteiger partial charge is 0.267 e. The lowest BCUT2D eigenvalue weighted by Crippen LogP contribution is -2.54. The largest absolute Gasteiger partial charge is 0.479 e. The maximum absolute atomic E-state index is 13.6. The minimum atomic E-state index is -1.07. The van der Waals surface area contributed by atoms with Gasteiger partial charge >= 0.3 is 0 Å². The van der Waals surface area contributed by atoms with E-state index in [4.69, 9.17) is 4.74 Å². The van der Waals surface area contributed by atoms with Gasteiger partial charge in [0.15, 0.2) is 6.10 Å². The highest BCUT2D eigenvalue weighted by Gasteiger charge is 2.45. The molecule has 11 heteroatoms. The van der Waals surface area contributed by atoms with Crippen molar-refractivity contribution in [3.05, 3.63) is 65.5 Å². The molecule has 202 valence electrons. The lowest BCUT2D eigenvalue weighted by atomic mass is 10.00. The van der Waals surface area contributed by atoms with Gasteiger partial charge in [0.1, 0.15) is 11.8 Å². The number of likely N-dealkylation sites (N-methyl/N-ethyl adjacent to an activating group) is 1. The van der Waals surface area contributed by atoms with Crippen LogP contribution in [0.15, 0.2) is 48.7 Å². The number of carbonyl (C=O) groups excluding carboxylic acids is 5. The molecule has 0 saturated carbocycles. The molecule has 0 radical (unpaired) electrons. The molecule has 11 nitrogen and oxygen atoms in total. The quantitative estimate of drug-likeness (QED) is 0.483. The fourth-order valence-corrected chi connectivity index (χ4v) is 5.38. The number of hydrogen-bond acceptors (Lipinski definition) is 8. The number of aryl methyl sites for hydroxylation is 1. The highest BCUT2D eigenvalue weighted by atomic mass is 16.5. The number of benzene rings is 2. The van der Waals surface area contributed by atoms with Crippen molar-refractivity contribution in [3.8, 4) is 16.9 Å². The molecule has 2 N–H and O–H groups in total. The summed E-state index contributed by atoms with van der Waals surface area (Å²) in [7, 11) is 1.67. The fourth-order valence-electron chi connectivity index (χ4n) is 5.38. The molecule has 0 spiro atoms. The van der Waals surface area contributed by atoms with Crippen molar-refractivity contribution in [3.63, 3.8) is 0 Å². The number of anilines is 3. The molecule has 3 aliphatic rings. The van der Waals surface area contributed by atoms with Crippen LogP contribution in [0.3, 0.4) is 0 Å². The van der Waals surface area contributed by atoms with Crippen LogP contribution in [-0.2, 0) is 14.4 Å². The number of ether oxygens (including phenoxy) is 1. The minimum Gasteiger partial charge on any atom is -0.479 e. The predicted octanol–water partition coefficient (Wildman–Crippen LogP) is 2.95. The molecule has 6 rings (SSSR count). The van der Waals surface area contributed by atoms with Crippen molar-refractivity contribution >= 4 is 46.6 Å². The highest BCUT2D eigenvalue weighted by molar-refractivity contribution is 6.25. The standard InChI is InChI=1S/C29H25N5O6/c1-14-11-16(9-10-30-14)18-12-23-22(33(3)27(37)15(2)40-23)13-20(18)31-19-6-4-5-17-25(19)29(39)34(28(17)38)21-7-8-24(35)32-26(21)36/h4-6,9-13,15,21,31H,7-8H2,1-3H3,(H,32,35,36)/t15-,21+/m1/s1. The fraction of sp³-hybridized carbons (Fsp3) is 0.241. The second kappa shape index (κ2) is 9.30. The van der Waals surface area contributed by atoms with Crippen molar-refractivity contribution < 1.29 is 28.7 Å². The molecule has 0 bridgehead atoms. The number of hydrogen-bond donors (Lipinski definition) is 2. The van der Waals surface area contributed by atoms with E-state index >= 15 is 0 Å². The Labute approximate surface area is 229 Å². The molecule has 5 amide bonds. The Kier molecular flexibility index (Phi) is 5.86. The van der Waals surface area contributed by atoms with Crippen molar-refractivity contribution in [2.45, 2.75) is 38.8 Å². The third-order valence-electron chi connectivity index (χ3n) is 7.39. The zero-order chi connectivity index (χ0) is 28.3. The second-order valence-electron chi connectivity index (χ2n) is 10.0. The Morgan fingerprint density at radius 3 is 2.55 bits per heavy atom. The van der Waals surface area contributed by atoms with Crippen LogP contribution in [0.5, 0.6) is 5.75 Å². The third kappa shape index (κ3) is 3.98. The second-order valence-corrected chi connectivity index (χ2v) is 10.0. The van der Waals surface area contributed by atoms with Crippen LogP contribution in [0.4, 0.5) is 17.1 Å². The van der Waals surface area contributed by atoms with E-state index in [9.17, 15) is 24.0 Å². The third-order valence-corrected chi connectivity index (χ3v) is 7.39. The van der Waals surface area contributed by atoms with E-state index in [0.29, 0.717) is 22.8 Å². The summed E-state index contributed by atoms with van der Waals surface area (Å²) in [6.07, 6.45) is 1.13. The van der Waals surface area contributed by atoms with E-state index in [1.807, 2.05) is 25.1 Å². The van der Waals surface area contributed by atoms with E-state index in [0.717, 1.165) is 21.7 Å². The molecule has 4 heterocycles. The van der Waals surface area contributed by atoms with Crippen molar-refractivity contribution in [2.75, 3.05) is 17.3 Å². The van der Waals surface area contributed by atoms with E-state index < -0.39 is 35.8 Å². The minimum absolute atomic E-state index is 0.0334. The summed E-state index contributed by atoms with van der Waals surface area (Å²) >= 11 is 0. The van der Waals surface area contributed by atoms with Crippen LogP contribution >= 0.6 is 0 Å². The number of imide groups is 2. The zero-order valence-electron chi connectivity index (χ0n) is 22.0. The predicted molar refractivity (Wildman–Crippen MR) is 144 cm³/mol. The normalized spacial score (nSPS) is 20.2. The van der Waals surface area contributed by atoms with Gasteiger partial charge in [-0.15, -0.1) is 0 Å². The van der Waals surface area contributed by atoms with Gasteiger partial charge < -0.3 is 15.0 Å². The van der Waals surface area contributed by atoms with Gasteiger partial charge in [-0.3, -0.25) is 39.2 Å². The van der Waals surface area contributed by atoms with E-state index in [-0.39, 0.29) is 29.9 Å². The first kappa shape index (κ1) is 25.2. The summed E-state index contributed by atoms with van der Waals surface area (Å²) in [5, 5.41) is 5.52. The van der Waals surface area contributed by atoms with E-state index in [1.54, 1.807) is 38.4 Å². The Hall–Kier alpha value is -5.06. The van der Waals surface area contributed by atoms with Gasteiger partial charge in [0.25, 0.3) is 17.7 Å². The number of pyridine rings is 1. The molecule has 40 heavy (non-hydrogen) atoms. The molecular formula is C29H25N5O6. The summed E-state index contributed by atoms with van der Waals surface area (Å²) in [5.41, 5.74) is 4.10. The Morgan fingerprint density at radius 1 is 1.00 bits per heavy atom. The van der Waals surface area contributed by atoms with Gasteiger partial charge in [0.05, 0.1) is 22.5 Å². The Morgan fingerprint density at radius 2 is 1.80 bits per heavy atom. The molecule has 0 aliphatic carbocycles. The first-order chi connectivity index (χ1) is 19.1. The number of amides is 5. The maximum atomic E-state index is 13.6. The lowest BCUT2D eigenvalue weighted by molar-refractivity contribution is -0.136. The Balaban J connectivity index is 1.44. The molecule has 1 aromatic heterocycles. The van der Waals surface area contributed by atoms with Crippen LogP contribution < -0.4 is 20.3 Å². The number of carbonyl (C=O) groups is 5. The van der Waals surface area contributed by atoms with Gasteiger partial charge in [-0.05, 0) is 62.2 Å². The van der Waals surface area contributed by atoms with Crippen LogP contribution in [0, 0.1) is 6.92 Å². The van der Waals surface area contributed by atoms with Crippen LogP contribution in [-0.4, -0.2) is 58.6 Å². The Bertz CT molecular complexity index is 1650. The topological polar surface area (TPSA) is 138 Å². The SMILES string of the molecule is Cc1cc(-c2cc3c(cc2Nc2cccc4c2C(=O)N([C@H]2CCC(=O)NC2=O)C4=O)N(C)C(=O)[C@@H](C)O3)ccn1. The van der Waals surface area contributed by atoms with Crippen molar-refractivity contribution in [1.29, 1.82) is 0 Å². The molecule has 3 aromatic rings. The molecule has 3 aliphatic heterocycles. The first-order valence-electron chi connectivity index (χ1n) is 12.8. The van der Waals surface area contributed by atoms with Crippen molar-refractivity contribution in [1.82, 2.24) is 15.2 Å². The zero-order valence-corrected chi connectivity index (χ0v) is 22.0. The molecule has 0 unspecified atom stereocenters. The summed E-state index contributed by atoms with van der Waals surface area (Å²) in [6, 6.07) is 11.1. The number of fused-ring (bicyclic) bond motifs is 2. The monoisotopic (exact) mass is 539 g/mol. The lowest BCUT2D eigenvalue weighted by Gasteiger charge is -2.31. The summed E-state index contributed by atoms with van der Waals surface area (Å²) in [5.74, 6) is -2.01. The van der Waals surface area contributed by atoms with Gasteiger partial charge in [0, 0.05) is 36.6 Å². The number of aromatic nitrogens is 1. The van der Waals surface area contributed by atoms with E-state index in [1.165, 1.54) is 11.0 Å². The molecule has 1 fully saturated rings. The number of piperidine rings is 1. The first-order valence-corrected chi connectivity index (χ1v) is 12.8. The van der Waals surface area contributed by atoms with Gasteiger partial charge in [-0.25, -0.2) is 0 Å². The maximum Gasteiger partial charge on any atom is 0.267 e. The van der Waals surface area contributed by atoms with E-state index in [2.05, 4.69) is 15.6 Å². The average molecular weight is 540 g/mol. The summed E-state index contributed by atoms with van der Waals surface area (Å²) < 4.78 is 5.91. The molecular weight excluding hydrogens is 514 g/mol. The molecule has 1 saturated heterocycles. The van der Waals surface area contributed by atoms with Crippen molar-refractivity contribution in [2.24, 2.45) is 0 Å². The molecule has 2 aromatic carbocycles.